The molecule has 2 fully saturated rings. The summed E-state index contributed by atoms with van der Waals surface area (Å²) in [6, 6.07) is 0. The van der Waals surface area contributed by atoms with Crippen LogP contribution in [0.15, 0.2) is 0 Å². The fourth-order valence-corrected chi connectivity index (χ4v) is 3.68. The first-order valence-electron chi connectivity index (χ1n) is 8.03. The average molecular weight is 267 g/mol. The van der Waals surface area contributed by atoms with E-state index in [4.69, 9.17) is 0 Å². The highest BCUT2D eigenvalue weighted by Gasteiger charge is 2.29. The molecule has 0 aromatic heterocycles. The number of amides is 1. The molecule has 19 heavy (non-hydrogen) atoms. The molecule has 3 nitrogen and oxygen atoms in total. The molecule has 2 rings (SSSR count). The van der Waals surface area contributed by atoms with Crippen molar-refractivity contribution in [1.29, 1.82) is 0 Å². The van der Waals surface area contributed by atoms with Gasteiger partial charge < -0.3 is 10.4 Å². The topological polar surface area (TPSA) is 49.3 Å². The summed E-state index contributed by atoms with van der Waals surface area (Å²) >= 11 is 0. The molecule has 0 aromatic carbocycles. The van der Waals surface area contributed by atoms with Gasteiger partial charge in [-0.25, -0.2) is 0 Å². The SMILES string of the molecule is CC(C)C1CCC(C(=O)NCC2CCCC2O)CC1. The Bertz CT molecular complexity index is 295. The third kappa shape index (κ3) is 3.95. The maximum absolute atomic E-state index is 12.1. The summed E-state index contributed by atoms with van der Waals surface area (Å²) < 4.78 is 0. The maximum Gasteiger partial charge on any atom is 0.223 e. The van der Waals surface area contributed by atoms with Gasteiger partial charge in [-0.05, 0) is 50.4 Å². The van der Waals surface area contributed by atoms with Crippen molar-refractivity contribution in [3.63, 3.8) is 0 Å². The lowest BCUT2D eigenvalue weighted by Crippen LogP contribution is -2.38. The molecule has 2 atom stereocenters. The van der Waals surface area contributed by atoms with Gasteiger partial charge in [0.15, 0.2) is 0 Å². The smallest absolute Gasteiger partial charge is 0.223 e. The minimum absolute atomic E-state index is 0.197. The predicted molar refractivity (Wildman–Crippen MR) is 76.6 cm³/mol. The average Bonchev–Trinajstić information content (AvgIpc) is 2.81. The summed E-state index contributed by atoms with van der Waals surface area (Å²) in [5.41, 5.74) is 0. The van der Waals surface area contributed by atoms with Crippen LogP contribution < -0.4 is 5.32 Å². The highest BCUT2D eigenvalue weighted by Crippen LogP contribution is 2.33. The van der Waals surface area contributed by atoms with Crippen molar-refractivity contribution in [2.45, 2.75) is 64.9 Å². The number of hydrogen-bond acceptors (Lipinski definition) is 2. The number of rotatable bonds is 4. The minimum Gasteiger partial charge on any atom is -0.393 e. The molecule has 110 valence electrons. The van der Waals surface area contributed by atoms with Crippen molar-refractivity contribution in [2.75, 3.05) is 6.54 Å². The molecule has 2 unspecified atom stereocenters. The summed E-state index contributed by atoms with van der Waals surface area (Å²) in [7, 11) is 0. The first-order valence-corrected chi connectivity index (χ1v) is 8.03. The Morgan fingerprint density at radius 2 is 1.84 bits per heavy atom. The molecule has 0 radical (unpaired) electrons. The van der Waals surface area contributed by atoms with Crippen molar-refractivity contribution in [3.05, 3.63) is 0 Å². The van der Waals surface area contributed by atoms with E-state index < -0.39 is 0 Å². The monoisotopic (exact) mass is 267 g/mol. The van der Waals surface area contributed by atoms with E-state index in [1.165, 1.54) is 12.8 Å². The molecule has 0 aliphatic heterocycles. The lowest BCUT2D eigenvalue weighted by Gasteiger charge is -2.30. The third-order valence-electron chi connectivity index (χ3n) is 5.24. The zero-order valence-electron chi connectivity index (χ0n) is 12.4. The highest BCUT2D eigenvalue weighted by molar-refractivity contribution is 5.78. The Balaban J connectivity index is 1.69. The number of carbonyl (C=O) groups excluding carboxylic acids is 1. The molecule has 0 aromatic rings. The Morgan fingerprint density at radius 1 is 1.16 bits per heavy atom. The van der Waals surface area contributed by atoms with Crippen LogP contribution >= 0.6 is 0 Å². The van der Waals surface area contributed by atoms with Gasteiger partial charge in [-0.2, -0.15) is 0 Å². The van der Waals surface area contributed by atoms with E-state index in [9.17, 15) is 9.90 Å². The zero-order chi connectivity index (χ0) is 13.8. The number of aliphatic hydroxyl groups excluding tert-OH is 1. The molecule has 0 saturated heterocycles. The van der Waals surface area contributed by atoms with Crippen LogP contribution in [0.3, 0.4) is 0 Å². The summed E-state index contributed by atoms with van der Waals surface area (Å²) in [5, 5.41) is 12.8. The van der Waals surface area contributed by atoms with Crippen LogP contribution in [-0.4, -0.2) is 23.7 Å². The zero-order valence-corrected chi connectivity index (χ0v) is 12.4. The molecule has 1 amide bonds. The largest absolute Gasteiger partial charge is 0.393 e. The summed E-state index contributed by atoms with van der Waals surface area (Å²) in [5.74, 6) is 2.28. The number of hydrogen-bond donors (Lipinski definition) is 2. The second-order valence-electron chi connectivity index (χ2n) is 6.86. The first-order chi connectivity index (χ1) is 9.08. The molecule has 2 N–H and O–H groups in total. The minimum atomic E-state index is -0.197. The van der Waals surface area contributed by atoms with Gasteiger partial charge in [0.25, 0.3) is 0 Å². The van der Waals surface area contributed by atoms with Crippen molar-refractivity contribution >= 4 is 5.91 Å². The third-order valence-corrected chi connectivity index (χ3v) is 5.24. The van der Waals surface area contributed by atoms with Crippen LogP contribution in [0.4, 0.5) is 0 Å². The van der Waals surface area contributed by atoms with Crippen LogP contribution in [0.25, 0.3) is 0 Å². The van der Waals surface area contributed by atoms with Gasteiger partial charge in [-0.3, -0.25) is 4.79 Å². The lowest BCUT2D eigenvalue weighted by atomic mass is 9.76. The second kappa shape index (κ2) is 6.74. The second-order valence-corrected chi connectivity index (χ2v) is 6.86. The molecule has 0 heterocycles. The highest BCUT2D eigenvalue weighted by atomic mass is 16.3. The Hall–Kier alpha value is -0.570. The standard InChI is InChI=1S/C16H29NO2/c1-11(2)12-6-8-13(9-7-12)16(19)17-10-14-4-3-5-15(14)18/h11-15,18H,3-10H2,1-2H3,(H,17,19). The molecular formula is C16H29NO2. The normalized spacial score (nSPS) is 35.6. The Morgan fingerprint density at radius 3 is 2.37 bits per heavy atom. The molecule has 0 spiro atoms. The van der Waals surface area contributed by atoms with E-state index in [-0.39, 0.29) is 23.8 Å². The lowest BCUT2D eigenvalue weighted by molar-refractivity contribution is -0.126. The van der Waals surface area contributed by atoms with Gasteiger partial charge in [0.2, 0.25) is 5.91 Å². The Labute approximate surface area is 117 Å². The molecule has 3 heteroatoms. The van der Waals surface area contributed by atoms with Crippen LogP contribution in [-0.2, 0) is 4.79 Å². The van der Waals surface area contributed by atoms with E-state index in [2.05, 4.69) is 19.2 Å². The van der Waals surface area contributed by atoms with Crippen molar-refractivity contribution in [3.8, 4) is 0 Å². The number of carbonyl (C=O) groups is 1. The van der Waals surface area contributed by atoms with E-state index in [0.29, 0.717) is 6.54 Å². The van der Waals surface area contributed by atoms with Gasteiger partial charge in [0.05, 0.1) is 6.10 Å². The van der Waals surface area contributed by atoms with Crippen LogP contribution in [0.2, 0.25) is 0 Å². The summed E-state index contributed by atoms with van der Waals surface area (Å²) in [6.07, 6.45) is 7.34. The van der Waals surface area contributed by atoms with E-state index in [0.717, 1.165) is 43.9 Å². The first kappa shape index (κ1) is 14.8. The van der Waals surface area contributed by atoms with Crippen molar-refractivity contribution in [2.24, 2.45) is 23.7 Å². The maximum atomic E-state index is 12.1. The molecule has 0 bridgehead atoms. The van der Waals surface area contributed by atoms with Gasteiger partial charge in [0.1, 0.15) is 0 Å². The molecular weight excluding hydrogens is 238 g/mol. The van der Waals surface area contributed by atoms with Gasteiger partial charge in [-0.1, -0.05) is 20.3 Å². The quantitative estimate of drug-likeness (QED) is 0.823. The van der Waals surface area contributed by atoms with Crippen LogP contribution in [0, 0.1) is 23.7 Å². The predicted octanol–water partition coefficient (Wildman–Crippen LogP) is 2.73. The number of aliphatic hydroxyl groups is 1. The fourth-order valence-electron chi connectivity index (χ4n) is 3.68. The van der Waals surface area contributed by atoms with E-state index >= 15 is 0 Å². The van der Waals surface area contributed by atoms with Crippen LogP contribution in [0.1, 0.15) is 58.8 Å². The molecule has 2 aliphatic rings. The number of nitrogens with one attached hydrogen (secondary N) is 1. The fraction of sp³-hybridized carbons (Fsp3) is 0.938. The Kier molecular flexibility index (Phi) is 5.26. The summed E-state index contributed by atoms with van der Waals surface area (Å²) in [6.45, 7) is 5.24. The van der Waals surface area contributed by atoms with Gasteiger partial charge in [-0.15, -0.1) is 0 Å². The van der Waals surface area contributed by atoms with Gasteiger partial charge >= 0.3 is 0 Å². The van der Waals surface area contributed by atoms with Crippen molar-refractivity contribution in [1.82, 2.24) is 5.32 Å². The molecule has 2 saturated carbocycles. The van der Waals surface area contributed by atoms with E-state index in [1.54, 1.807) is 0 Å². The van der Waals surface area contributed by atoms with Gasteiger partial charge in [0, 0.05) is 18.4 Å². The van der Waals surface area contributed by atoms with Crippen LogP contribution in [0.5, 0.6) is 0 Å². The molecule has 2 aliphatic carbocycles. The summed E-state index contributed by atoms with van der Waals surface area (Å²) in [4.78, 5) is 12.1. The van der Waals surface area contributed by atoms with Crippen molar-refractivity contribution < 1.29 is 9.90 Å². The van der Waals surface area contributed by atoms with E-state index in [1.807, 2.05) is 0 Å².